The van der Waals surface area contributed by atoms with Crippen LogP contribution in [-0.4, -0.2) is 78.5 Å². The van der Waals surface area contributed by atoms with E-state index in [4.69, 9.17) is 9.47 Å². The fourth-order valence-corrected chi connectivity index (χ4v) is 7.36. The zero-order valence-corrected chi connectivity index (χ0v) is 25.2. The standard InChI is InChI=1S/C35H41N5O3/c1-25-3-4-26(17-32(25)42-2)23-38-13-15-40(16-14-38)30-20-35(21-30)8-11-39(12-9-35)29-6-5-28(24-41)33(19-29)43-31-18-27-7-10-36-34(27)37-22-31/h3-7,10,17-19,22,24,30H,8-9,11-16,20-21,23H2,1-2H3,(H,36,37). The Kier molecular flexibility index (Phi) is 7.57. The topological polar surface area (TPSA) is 73.9 Å². The molecule has 0 amide bonds. The Morgan fingerprint density at radius 3 is 2.56 bits per heavy atom. The largest absolute Gasteiger partial charge is 0.496 e. The van der Waals surface area contributed by atoms with E-state index in [0.717, 1.165) is 80.6 Å². The summed E-state index contributed by atoms with van der Waals surface area (Å²) in [4.78, 5) is 27.1. The smallest absolute Gasteiger partial charge is 0.153 e. The number of nitrogens with one attached hydrogen (secondary N) is 1. The molecule has 7 rings (SSSR count). The van der Waals surface area contributed by atoms with Gasteiger partial charge in [-0.2, -0.15) is 0 Å². The van der Waals surface area contributed by atoms with Crippen LogP contribution in [0.25, 0.3) is 11.0 Å². The van der Waals surface area contributed by atoms with Gasteiger partial charge in [0.15, 0.2) is 6.29 Å². The maximum absolute atomic E-state index is 11.8. The first kappa shape index (κ1) is 27.9. The number of carbonyl (C=O) groups is 1. The fourth-order valence-electron chi connectivity index (χ4n) is 7.36. The van der Waals surface area contributed by atoms with Crippen molar-refractivity contribution < 1.29 is 14.3 Å². The molecule has 4 heterocycles. The SMILES string of the molecule is COc1cc(CN2CCN(C3CC4(CCN(c5ccc(C=O)c(Oc6cnc7[nH]ccc7c6)c5)CC4)C3)CC2)ccc1C. The number of ether oxygens (including phenoxy) is 2. The van der Waals surface area contributed by atoms with Gasteiger partial charge in [-0.3, -0.25) is 14.6 Å². The lowest BCUT2D eigenvalue weighted by molar-refractivity contribution is -0.0355. The van der Waals surface area contributed by atoms with Gasteiger partial charge in [-0.25, -0.2) is 4.98 Å². The minimum Gasteiger partial charge on any atom is -0.496 e. The normalized spacial score (nSPS) is 19.4. The van der Waals surface area contributed by atoms with Crippen LogP contribution in [0, 0.1) is 12.3 Å². The summed E-state index contributed by atoms with van der Waals surface area (Å²) in [7, 11) is 1.75. The predicted octanol–water partition coefficient (Wildman–Crippen LogP) is 6.05. The number of hydrogen-bond donors (Lipinski definition) is 1. The number of aromatic amines is 1. The van der Waals surface area contributed by atoms with Crippen LogP contribution < -0.4 is 14.4 Å². The second-order valence-corrected chi connectivity index (χ2v) is 12.7. The molecule has 2 saturated heterocycles. The number of rotatable bonds is 8. The molecule has 8 heteroatoms. The number of aryl methyl sites for hydroxylation is 1. The van der Waals surface area contributed by atoms with Gasteiger partial charge >= 0.3 is 0 Å². The Morgan fingerprint density at radius 2 is 1.79 bits per heavy atom. The van der Waals surface area contributed by atoms with E-state index < -0.39 is 0 Å². The number of H-pyrrole nitrogens is 1. The number of aldehydes is 1. The molecule has 1 N–H and O–H groups in total. The number of piperidine rings is 1. The molecule has 4 aromatic rings. The molecule has 1 saturated carbocycles. The third kappa shape index (κ3) is 5.74. The van der Waals surface area contributed by atoms with E-state index in [1.807, 2.05) is 30.5 Å². The molecule has 0 radical (unpaired) electrons. The Bertz CT molecular complexity index is 1590. The third-order valence-corrected chi connectivity index (χ3v) is 10.1. The first-order valence-corrected chi connectivity index (χ1v) is 15.6. The molecule has 1 aliphatic carbocycles. The highest BCUT2D eigenvalue weighted by atomic mass is 16.5. The maximum atomic E-state index is 11.8. The Balaban J connectivity index is 0.909. The summed E-state index contributed by atoms with van der Waals surface area (Å²) >= 11 is 0. The zero-order chi connectivity index (χ0) is 29.4. The van der Waals surface area contributed by atoms with Crippen molar-refractivity contribution in [2.24, 2.45) is 5.41 Å². The van der Waals surface area contributed by atoms with E-state index in [0.29, 0.717) is 22.5 Å². The molecule has 2 aromatic heterocycles. The molecular weight excluding hydrogens is 538 g/mol. The predicted molar refractivity (Wildman–Crippen MR) is 169 cm³/mol. The van der Waals surface area contributed by atoms with Crippen molar-refractivity contribution in [3.8, 4) is 17.2 Å². The van der Waals surface area contributed by atoms with Gasteiger partial charge in [0.25, 0.3) is 0 Å². The quantitative estimate of drug-likeness (QED) is 0.255. The van der Waals surface area contributed by atoms with Crippen molar-refractivity contribution in [2.75, 3.05) is 51.3 Å². The monoisotopic (exact) mass is 579 g/mol. The number of fused-ring (bicyclic) bond motifs is 1. The number of nitrogens with zero attached hydrogens (tertiary/aromatic N) is 4. The summed E-state index contributed by atoms with van der Waals surface area (Å²) in [6.45, 7) is 9.75. The van der Waals surface area contributed by atoms with Crippen molar-refractivity contribution in [1.29, 1.82) is 0 Å². The van der Waals surface area contributed by atoms with Gasteiger partial charge in [-0.05, 0) is 79.5 Å². The number of piperazine rings is 1. The molecule has 0 bridgehead atoms. The Labute approximate surface area is 253 Å². The van der Waals surface area contributed by atoms with Crippen LogP contribution in [0.4, 0.5) is 5.69 Å². The summed E-state index contributed by atoms with van der Waals surface area (Å²) < 4.78 is 11.7. The van der Waals surface area contributed by atoms with Crippen LogP contribution in [0.15, 0.2) is 60.9 Å². The number of methoxy groups -OCH3 is 1. The van der Waals surface area contributed by atoms with E-state index in [-0.39, 0.29) is 0 Å². The number of benzene rings is 2. The van der Waals surface area contributed by atoms with Gasteiger partial charge in [0.2, 0.25) is 0 Å². The van der Waals surface area contributed by atoms with Gasteiger partial charge in [-0.15, -0.1) is 0 Å². The number of carbonyl (C=O) groups excluding carboxylic acids is 1. The molecular formula is C35H41N5O3. The van der Waals surface area contributed by atoms with Crippen molar-refractivity contribution in [2.45, 2.75) is 45.2 Å². The van der Waals surface area contributed by atoms with Gasteiger partial charge in [0.05, 0.1) is 18.9 Å². The second-order valence-electron chi connectivity index (χ2n) is 12.7. The Hall–Kier alpha value is -3.88. The van der Waals surface area contributed by atoms with Crippen LogP contribution in [0.5, 0.6) is 17.2 Å². The van der Waals surface area contributed by atoms with Gasteiger partial charge < -0.3 is 19.4 Å². The molecule has 1 spiro atoms. The molecule has 2 aromatic carbocycles. The lowest BCUT2D eigenvalue weighted by atomic mass is 9.60. The average molecular weight is 580 g/mol. The van der Waals surface area contributed by atoms with Gasteiger partial charge in [0, 0.05) is 75.2 Å². The molecule has 0 unspecified atom stereocenters. The van der Waals surface area contributed by atoms with Crippen LogP contribution in [0.2, 0.25) is 0 Å². The number of hydrogen-bond acceptors (Lipinski definition) is 7. The first-order chi connectivity index (χ1) is 21.0. The highest BCUT2D eigenvalue weighted by Crippen LogP contribution is 2.51. The zero-order valence-electron chi connectivity index (χ0n) is 25.2. The van der Waals surface area contributed by atoms with Crippen LogP contribution >= 0.6 is 0 Å². The van der Waals surface area contributed by atoms with Crippen molar-refractivity contribution in [3.05, 3.63) is 77.6 Å². The van der Waals surface area contributed by atoms with Gasteiger partial charge in [0.1, 0.15) is 22.9 Å². The number of pyridine rings is 1. The minimum atomic E-state index is 0.483. The molecule has 43 heavy (non-hydrogen) atoms. The van der Waals surface area contributed by atoms with Gasteiger partial charge in [-0.1, -0.05) is 12.1 Å². The summed E-state index contributed by atoms with van der Waals surface area (Å²) in [5.41, 5.74) is 5.49. The lowest BCUT2D eigenvalue weighted by Crippen LogP contribution is -2.59. The summed E-state index contributed by atoms with van der Waals surface area (Å²) in [5.74, 6) is 2.19. The van der Waals surface area contributed by atoms with Crippen molar-refractivity contribution in [3.63, 3.8) is 0 Å². The molecule has 0 atom stereocenters. The van der Waals surface area contributed by atoms with Crippen molar-refractivity contribution in [1.82, 2.24) is 19.8 Å². The molecule has 3 aliphatic rings. The molecule has 2 aliphatic heterocycles. The van der Waals surface area contributed by atoms with E-state index in [9.17, 15) is 4.79 Å². The summed E-state index contributed by atoms with van der Waals surface area (Å²) in [5, 5.41) is 0.978. The molecule has 3 fully saturated rings. The summed E-state index contributed by atoms with van der Waals surface area (Å²) in [6, 6.07) is 17.2. The van der Waals surface area contributed by atoms with Crippen LogP contribution in [-0.2, 0) is 6.54 Å². The molecule has 224 valence electrons. The van der Waals surface area contributed by atoms with E-state index in [2.05, 4.69) is 55.9 Å². The molecule has 8 nitrogen and oxygen atoms in total. The van der Waals surface area contributed by atoms with E-state index in [1.54, 1.807) is 13.3 Å². The minimum absolute atomic E-state index is 0.483. The highest BCUT2D eigenvalue weighted by Gasteiger charge is 2.48. The highest BCUT2D eigenvalue weighted by molar-refractivity contribution is 5.81. The Morgan fingerprint density at radius 1 is 0.977 bits per heavy atom. The van der Waals surface area contributed by atoms with Crippen LogP contribution in [0.1, 0.15) is 47.2 Å². The summed E-state index contributed by atoms with van der Waals surface area (Å²) in [6.07, 6.45) is 9.50. The number of anilines is 1. The van der Waals surface area contributed by atoms with Crippen LogP contribution in [0.3, 0.4) is 0 Å². The fraction of sp³-hybridized carbons (Fsp3) is 0.429. The average Bonchev–Trinajstić information content (AvgIpc) is 3.49. The van der Waals surface area contributed by atoms with E-state index >= 15 is 0 Å². The first-order valence-electron chi connectivity index (χ1n) is 15.6. The third-order valence-electron chi connectivity index (χ3n) is 10.1. The second kappa shape index (κ2) is 11.7. The number of aromatic nitrogens is 2. The van der Waals surface area contributed by atoms with Crippen molar-refractivity contribution >= 4 is 23.0 Å². The lowest BCUT2D eigenvalue weighted by Gasteiger charge is -2.56. The maximum Gasteiger partial charge on any atom is 0.153 e. The van der Waals surface area contributed by atoms with E-state index in [1.165, 1.54) is 36.8 Å².